The van der Waals surface area contributed by atoms with Gasteiger partial charge in [-0.1, -0.05) is 0 Å². The Kier molecular flexibility index (Phi) is 5.04. The summed E-state index contributed by atoms with van der Waals surface area (Å²) in [7, 11) is -1.33. The number of carbonyl (C=O) groups excluding carboxylic acids is 1. The molecule has 0 radical (unpaired) electrons. The van der Waals surface area contributed by atoms with Crippen molar-refractivity contribution in [2.24, 2.45) is 5.73 Å². The van der Waals surface area contributed by atoms with Gasteiger partial charge in [-0.3, -0.25) is 4.79 Å². The predicted octanol–water partition coefficient (Wildman–Crippen LogP) is 2.01. The van der Waals surface area contributed by atoms with Crippen molar-refractivity contribution in [1.29, 1.82) is 5.26 Å². The van der Waals surface area contributed by atoms with E-state index in [4.69, 9.17) is 11.0 Å². The van der Waals surface area contributed by atoms with E-state index in [1.54, 1.807) is 55.5 Å². The fourth-order valence-electron chi connectivity index (χ4n) is 1.71. The molecular formula is C16H15N3O2S. The number of rotatable bonds is 4. The van der Waals surface area contributed by atoms with Gasteiger partial charge in [0.15, 0.2) is 0 Å². The molecule has 0 spiro atoms. The molecule has 0 bridgehead atoms. The van der Waals surface area contributed by atoms with Crippen LogP contribution in [-0.2, 0) is 15.6 Å². The van der Waals surface area contributed by atoms with Gasteiger partial charge >= 0.3 is 0 Å². The summed E-state index contributed by atoms with van der Waals surface area (Å²) in [6.45, 7) is 1.60. The molecular weight excluding hydrogens is 298 g/mol. The van der Waals surface area contributed by atoms with Crippen molar-refractivity contribution >= 4 is 22.4 Å². The molecule has 2 atom stereocenters. The van der Waals surface area contributed by atoms with Crippen molar-refractivity contribution in [3.8, 4) is 6.07 Å². The smallest absolute Gasteiger partial charge is 0.240 e. The van der Waals surface area contributed by atoms with Gasteiger partial charge in [0, 0.05) is 15.5 Å². The van der Waals surface area contributed by atoms with Crippen LogP contribution in [0.15, 0.2) is 58.3 Å². The van der Waals surface area contributed by atoms with Crippen LogP contribution in [0.5, 0.6) is 0 Å². The fraction of sp³-hybridized carbons (Fsp3) is 0.125. The highest BCUT2D eigenvalue weighted by Crippen LogP contribution is 2.19. The molecule has 1 amide bonds. The molecule has 6 heteroatoms. The Morgan fingerprint density at radius 3 is 2.09 bits per heavy atom. The molecule has 0 heterocycles. The summed E-state index contributed by atoms with van der Waals surface area (Å²) in [5, 5.41) is 11.4. The summed E-state index contributed by atoms with van der Waals surface area (Å²) < 4.78 is 12.4. The molecule has 0 aliphatic rings. The van der Waals surface area contributed by atoms with Gasteiger partial charge in [0.25, 0.3) is 0 Å². The third-order valence-electron chi connectivity index (χ3n) is 2.95. The molecule has 22 heavy (non-hydrogen) atoms. The minimum Gasteiger partial charge on any atom is -0.325 e. The maximum atomic E-state index is 12.4. The Bertz CT molecular complexity index is 731. The molecule has 2 rings (SSSR count). The second kappa shape index (κ2) is 6.98. The number of anilines is 1. The van der Waals surface area contributed by atoms with Gasteiger partial charge in [-0.2, -0.15) is 5.26 Å². The monoisotopic (exact) mass is 313 g/mol. The first kappa shape index (κ1) is 15.9. The van der Waals surface area contributed by atoms with Crippen LogP contribution in [0.3, 0.4) is 0 Å². The molecule has 0 aromatic heterocycles. The largest absolute Gasteiger partial charge is 0.325 e. The van der Waals surface area contributed by atoms with Crippen molar-refractivity contribution in [2.45, 2.75) is 22.8 Å². The number of hydrogen-bond acceptors (Lipinski definition) is 4. The highest BCUT2D eigenvalue weighted by molar-refractivity contribution is 7.85. The number of nitrogens with two attached hydrogens (primary N) is 1. The SMILES string of the molecule is CC(N)C(=O)Nc1ccc(S(=O)c2ccc(C#N)cc2)cc1. The molecule has 5 nitrogen and oxygen atoms in total. The molecule has 0 fully saturated rings. The fourth-order valence-corrected chi connectivity index (χ4v) is 2.75. The number of nitriles is 1. The Morgan fingerprint density at radius 1 is 1.14 bits per heavy atom. The van der Waals surface area contributed by atoms with Crippen LogP contribution < -0.4 is 11.1 Å². The van der Waals surface area contributed by atoms with Crippen molar-refractivity contribution < 1.29 is 9.00 Å². The van der Waals surface area contributed by atoms with E-state index in [0.29, 0.717) is 21.0 Å². The zero-order chi connectivity index (χ0) is 16.1. The molecule has 2 aromatic rings. The van der Waals surface area contributed by atoms with Crippen LogP contribution in [0, 0.1) is 11.3 Å². The van der Waals surface area contributed by atoms with E-state index >= 15 is 0 Å². The van der Waals surface area contributed by atoms with Crippen LogP contribution >= 0.6 is 0 Å². The topological polar surface area (TPSA) is 96.0 Å². The highest BCUT2D eigenvalue weighted by atomic mass is 32.2. The van der Waals surface area contributed by atoms with E-state index in [2.05, 4.69) is 5.32 Å². The number of carbonyl (C=O) groups is 1. The summed E-state index contributed by atoms with van der Waals surface area (Å²) in [4.78, 5) is 12.7. The lowest BCUT2D eigenvalue weighted by molar-refractivity contribution is -0.117. The van der Waals surface area contributed by atoms with E-state index in [0.717, 1.165) is 0 Å². The number of nitrogens with zero attached hydrogens (tertiary/aromatic N) is 1. The summed E-state index contributed by atoms with van der Waals surface area (Å²) in [6.07, 6.45) is 0. The number of benzene rings is 2. The predicted molar refractivity (Wildman–Crippen MR) is 84.6 cm³/mol. The van der Waals surface area contributed by atoms with E-state index < -0.39 is 16.8 Å². The zero-order valence-electron chi connectivity index (χ0n) is 11.9. The zero-order valence-corrected chi connectivity index (χ0v) is 12.8. The molecule has 0 aliphatic heterocycles. The Labute approximate surface area is 131 Å². The average Bonchev–Trinajstić information content (AvgIpc) is 2.55. The Balaban J connectivity index is 2.14. The maximum absolute atomic E-state index is 12.4. The molecule has 2 unspecified atom stereocenters. The molecule has 0 saturated carbocycles. The summed E-state index contributed by atoms with van der Waals surface area (Å²) in [5.41, 5.74) is 6.60. The first-order valence-corrected chi connectivity index (χ1v) is 7.74. The van der Waals surface area contributed by atoms with Crippen molar-refractivity contribution in [3.63, 3.8) is 0 Å². The number of nitrogens with one attached hydrogen (secondary N) is 1. The van der Waals surface area contributed by atoms with E-state index in [1.165, 1.54) is 0 Å². The van der Waals surface area contributed by atoms with E-state index in [1.807, 2.05) is 6.07 Å². The maximum Gasteiger partial charge on any atom is 0.240 e. The lowest BCUT2D eigenvalue weighted by Gasteiger charge is -2.08. The Hall–Kier alpha value is -2.49. The highest BCUT2D eigenvalue weighted by Gasteiger charge is 2.10. The third-order valence-corrected chi connectivity index (χ3v) is 4.35. The molecule has 2 aromatic carbocycles. The lowest BCUT2D eigenvalue weighted by Crippen LogP contribution is -2.32. The Morgan fingerprint density at radius 2 is 1.64 bits per heavy atom. The average molecular weight is 313 g/mol. The van der Waals surface area contributed by atoms with Crippen LogP contribution in [0.25, 0.3) is 0 Å². The van der Waals surface area contributed by atoms with Crippen molar-refractivity contribution in [1.82, 2.24) is 0 Å². The molecule has 3 N–H and O–H groups in total. The number of hydrogen-bond donors (Lipinski definition) is 2. The third kappa shape index (κ3) is 3.79. The standard InChI is InChI=1S/C16H15N3O2S/c1-11(18)16(20)19-13-4-8-15(9-5-13)22(21)14-6-2-12(10-17)3-7-14/h2-9,11H,18H2,1H3,(H,19,20). The van der Waals surface area contributed by atoms with Gasteiger partial charge in [0.1, 0.15) is 0 Å². The van der Waals surface area contributed by atoms with Gasteiger partial charge in [-0.05, 0) is 55.5 Å². The lowest BCUT2D eigenvalue weighted by atomic mass is 10.2. The summed E-state index contributed by atoms with van der Waals surface area (Å²) in [5.74, 6) is -0.277. The van der Waals surface area contributed by atoms with Crippen LogP contribution in [-0.4, -0.2) is 16.2 Å². The quantitative estimate of drug-likeness (QED) is 0.902. The van der Waals surface area contributed by atoms with Crippen molar-refractivity contribution in [3.05, 3.63) is 54.1 Å². The van der Waals surface area contributed by atoms with Gasteiger partial charge in [-0.25, -0.2) is 4.21 Å². The summed E-state index contributed by atoms with van der Waals surface area (Å²) in [6, 6.07) is 14.7. The first-order chi connectivity index (χ1) is 10.5. The van der Waals surface area contributed by atoms with E-state index in [-0.39, 0.29) is 5.91 Å². The second-order valence-corrected chi connectivity index (χ2v) is 6.19. The second-order valence-electron chi connectivity index (χ2n) is 4.71. The molecule has 112 valence electrons. The minimum atomic E-state index is -1.33. The van der Waals surface area contributed by atoms with E-state index in [9.17, 15) is 9.00 Å². The van der Waals surface area contributed by atoms with Crippen molar-refractivity contribution in [2.75, 3.05) is 5.32 Å². The first-order valence-electron chi connectivity index (χ1n) is 6.59. The van der Waals surface area contributed by atoms with Gasteiger partial charge < -0.3 is 11.1 Å². The number of amides is 1. The van der Waals surface area contributed by atoms with Crippen LogP contribution in [0.1, 0.15) is 12.5 Å². The molecule has 0 aliphatic carbocycles. The molecule has 0 saturated heterocycles. The van der Waals surface area contributed by atoms with Crippen LogP contribution in [0.4, 0.5) is 5.69 Å². The van der Waals surface area contributed by atoms with Gasteiger partial charge in [0.2, 0.25) is 5.91 Å². The summed E-state index contributed by atoms with van der Waals surface area (Å²) >= 11 is 0. The van der Waals surface area contributed by atoms with Gasteiger partial charge in [0.05, 0.1) is 28.5 Å². The minimum absolute atomic E-state index is 0.277. The normalized spacial score (nSPS) is 13.0. The van der Waals surface area contributed by atoms with Gasteiger partial charge in [-0.15, -0.1) is 0 Å². The van der Waals surface area contributed by atoms with Crippen LogP contribution in [0.2, 0.25) is 0 Å².